The zero-order valence-corrected chi connectivity index (χ0v) is 15.9. The molecule has 0 spiro atoms. The van der Waals surface area contributed by atoms with E-state index in [4.69, 9.17) is 0 Å². The van der Waals surface area contributed by atoms with E-state index in [1.165, 1.54) is 7.05 Å². The van der Waals surface area contributed by atoms with Gasteiger partial charge in [0.05, 0.1) is 17.5 Å². The summed E-state index contributed by atoms with van der Waals surface area (Å²) in [5, 5.41) is 5.63. The summed E-state index contributed by atoms with van der Waals surface area (Å²) in [6.07, 6.45) is 3.06. The molecule has 7 nitrogen and oxygen atoms in total. The van der Waals surface area contributed by atoms with Crippen molar-refractivity contribution in [2.24, 2.45) is 0 Å². The molecule has 2 aromatic carbocycles. The highest BCUT2D eigenvalue weighted by Crippen LogP contribution is 2.23. The molecule has 0 bridgehead atoms. The summed E-state index contributed by atoms with van der Waals surface area (Å²) >= 11 is 0. The van der Waals surface area contributed by atoms with Gasteiger partial charge in [-0.05, 0) is 43.2 Å². The average molecular weight is 387 g/mol. The fourth-order valence-corrected chi connectivity index (χ4v) is 3.07. The monoisotopic (exact) mass is 387 g/mol. The molecule has 0 aromatic heterocycles. The van der Waals surface area contributed by atoms with Gasteiger partial charge < -0.3 is 10.6 Å². The lowest BCUT2D eigenvalue weighted by molar-refractivity contribution is 0.0949. The second kappa shape index (κ2) is 7.40. The zero-order valence-electron chi connectivity index (χ0n) is 15.1. The van der Waals surface area contributed by atoms with Crippen LogP contribution >= 0.6 is 0 Å². The van der Waals surface area contributed by atoms with Crippen molar-refractivity contribution in [3.63, 3.8) is 0 Å². The standard InChI is InChI=1S/C19H21N3O4S/c1-22(27(2,25)26)17-9-4-3-8-16(17)19(24)21-15-7-5-6-13(12-15)18(23)20-14-10-11-14/h3-9,12,14H,10-11H2,1-2H3,(H,20,23)(H,21,24). The lowest BCUT2D eigenvalue weighted by atomic mass is 10.1. The highest BCUT2D eigenvalue weighted by atomic mass is 32.2. The van der Waals surface area contributed by atoms with Crippen LogP contribution < -0.4 is 14.9 Å². The van der Waals surface area contributed by atoms with E-state index in [0.717, 1.165) is 23.4 Å². The maximum absolute atomic E-state index is 12.7. The molecule has 2 amide bonds. The normalized spacial score (nSPS) is 13.7. The zero-order chi connectivity index (χ0) is 19.6. The second-order valence-corrected chi connectivity index (χ2v) is 8.54. The number of nitrogens with zero attached hydrogens (tertiary/aromatic N) is 1. The number of hydrogen-bond acceptors (Lipinski definition) is 4. The number of sulfonamides is 1. The third-order valence-electron chi connectivity index (χ3n) is 4.28. The van der Waals surface area contributed by atoms with Crippen LogP contribution in [0.3, 0.4) is 0 Å². The predicted molar refractivity (Wildman–Crippen MR) is 105 cm³/mol. The largest absolute Gasteiger partial charge is 0.349 e. The van der Waals surface area contributed by atoms with Crippen LogP contribution in [0, 0.1) is 0 Å². The van der Waals surface area contributed by atoms with E-state index in [1.54, 1.807) is 48.5 Å². The van der Waals surface area contributed by atoms with Crippen LogP contribution in [0.15, 0.2) is 48.5 Å². The maximum Gasteiger partial charge on any atom is 0.257 e. The molecule has 8 heteroatoms. The van der Waals surface area contributed by atoms with E-state index >= 15 is 0 Å². The van der Waals surface area contributed by atoms with Gasteiger partial charge in [0, 0.05) is 24.3 Å². The Morgan fingerprint density at radius 3 is 2.41 bits per heavy atom. The topological polar surface area (TPSA) is 95.6 Å². The molecule has 0 radical (unpaired) electrons. The quantitative estimate of drug-likeness (QED) is 0.794. The molecule has 0 saturated heterocycles. The van der Waals surface area contributed by atoms with Crippen LogP contribution in [0.4, 0.5) is 11.4 Å². The van der Waals surface area contributed by atoms with Crippen LogP contribution in [0.5, 0.6) is 0 Å². The Kier molecular flexibility index (Phi) is 5.18. The van der Waals surface area contributed by atoms with Gasteiger partial charge in [-0.3, -0.25) is 13.9 Å². The van der Waals surface area contributed by atoms with Crippen LogP contribution in [-0.2, 0) is 10.0 Å². The Hall–Kier alpha value is -2.87. The van der Waals surface area contributed by atoms with E-state index < -0.39 is 15.9 Å². The smallest absolute Gasteiger partial charge is 0.257 e. The molecule has 0 aliphatic heterocycles. The summed E-state index contributed by atoms with van der Waals surface area (Å²) in [6.45, 7) is 0. The van der Waals surface area contributed by atoms with E-state index in [2.05, 4.69) is 10.6 Å². The van der Waals surface area contributed by atoms with Crippen molar-refractivity contribution in [2.75, 3.05) is 22.9 Å². The van der Waals surface area contributed by atoms with Crippen LogP contribution in [-0.4, -0.2) is 39.6 Å². The van der Waals surface area contributed by atoms with E-state index in [9.17, 15) is 18.0 Å². The Balaban J connectivity index is 1.81. The minimum Gasteiger partial charge on any atom is -0.349 e. The molecule has 0 atom stereocenters. The lowest BCUT2D eigenvalue weighted by Crippen LogP contribution is -2.27. The van der Waals surface area contributed by atoms with Gasteiger partial charge in [-0.2, -0.15) is 0 Å². The Bertz CT molecular complexity index is 984. The van der Waals surface area contributed by atoms with Gasteiger partial charge in [-0.15, -0.1) is 0 Å². The van der Waals surface area contributed by atoms with E-state index in [0.29, 0.717) is 11.3 Å². The van der Waals surface area contributed by atoms with E-state index in [1.807, 2.05) is 0 Å². The number of benzene rings is 2. The molecule has 1 fully saturated rings. The first-order valence-corrected chi connectivity index (χ1v) is 10.4. The molecule has 0 heterocycles. The van der Waals surface area contributed by atoms with Gasteiger partial charge in [-0.1, -0.05) is 18.2 Å². The Morgan fingerprint density at radius 2 is 1.74 bits per heavy atom. The summed E-state index contributed by atoms with van der Waals surface area (Å²) in [5.41, 5.74) is 1.42. The predicted octanol–water partition coefficient (Wildman–Crippen LogP) is 2.23. The first-order chi connectivity index (χ1) is 12.8. The Morgan fingerprint density at radius 1 is 1.04 bits per heavy atom. The summed E-state index contributed by atoms with van der Waals surface area (Å²) in [5.74, 6) is -0.633. The number of carbonyl (C=O) groups is 2. The van der Waals surface area contributed by atoms with Crippen LogP contribution in [0.2, 0.25) is 0 Å². The third-order valence-corrected chi connectivity index (χ3v) is 5.47. The van der Waals surface area contributed by atoms with Crippen molar-refractivity contribution in [2.45, 2.75) is 18.9 Å². The van der Waals surface area contributed by atoms with Crippen molar-refractivity contribution in [3.8, 4) is 0 Å². The first-order valence-electron chi connectivity index (χ1n) is 8.51. The van der Waals surface area contributed by atoms with Crippen molar-refractivity contribution in [1.82, 2.24) is 5.32 Å². The van der Waals surface area contributed by atoms with Crippen molar-refractivity contribution in [1.29, 1.82) is 0 Å². The SMILES string of the molecule is CN(c1ccccc1C(=O)Nc1cccc(C(=O)NC2CC2)c1)S(C)(=O)=O. The minimum absolute atomic E-state index is 0.175. The molecule has 1 aliphatic carbocycles. The van der Waals surface area contributed by atoms with Gasteiger partial charge in [0.2, 0.25) is 10.0 Å². The summed E-state index contributed by atoms with van der Waals surface area (Å²) in [4.78, 5) is 24.9. The molecule has 3 rings (SSSR count). The summed E-state index contributed by atoms with van der Waals surface area (Å²) in [7, 11) is -2.11. The summed E-state index contributed by atoms with van der Waals surface area (Å²) < 4.78 is 24.7. The lowest BCUT2D eigenvalue weighted by Gasteiger charge is -2.19. The van der Waals surface area contributed by atoms with Crippen molar-refractivity contribution in [3.05, 3.63) is 59.7 Å². The fourth-order valence-electron chi connectivity index (χ4n) is 2.55. The number of hydrogen-bond donors (Lipinski definition) is 2. The molecule has 2 N–H and O–H groups in total. The van der Waals surface area contributed by atoms with Gasteiger partial charge >= 0.3 is 0 Å². The summed E-state index contributed by atoms with van der Waals surface area (Å²) in [6, 6.07) is 13.3. The van der Waals surface area contributed by atoms with Gasteiger partial charge in [0.15, 0.2) is 0 Å². The number of para-hydroxylation sites is 1. The molecule has 1 aliphatic rings. The molecule has 1 saturated carbocycles. The van der Waals surface area contributed by atoms with E-state index in [-0.39, 0.29) is 23.2 Å². The van der Waals surface area contributed by atoms with Crippen LogP contribution in [0.25, 0.3) is 0 Å². The van der Waals surface area contributed by atoms with Crippen molar-refractivity contribution < 1.29 is 18.0 Å². The number of nitrogens with one attached hydrogen (secondary N) is 2. The molecule has 27 heavy (non-hydrogen) atoms. The number of carbonyl (C=O) groups excluding carboxylic acids is 2. The highest BCUT2D eigenvalue weighted by molar-refractivity contribution is 7.92. The average Bonchev–Trinajstić information content (AvgIpc) is 3.44. The Labute approximate surface area is 158 Å². The molecule has 2 aromatic rings. The molecule has 142 valence electrons. The van der Waals surface area contributed by atoms with Gasteiger partial charge in [-0.25, -0.2) is 8.42 Å². The van der Waals surface area contributed by atoms with Gasteiger partial charge in [0.25, 0.3) is 11.8 Å². The molecular formula is C19H21N3O4S. The number of rotatable bonds is 6. The third kappa shape index (κ3) is 4.65. The maximum atomic E-state index is 12.7. The number of amides is 2. The molecular weight excluding hydrogens is 366 g/mol. The fraction of sp³-hybridized carbons (Fsp3) is 0.263. The second-order valence-electron chi connectivity index (χ2n) is 6.53. The number of anilines is 2. The highest BCUT2D eigenvalue weighted by Gasteiger charge is 2.24. The van der Waals surface area contributed by atoms with Crippen molar-refractivity contribution >= 4 is 33.2 Å². The minimum atomic E-state index is -3.51. The van der Waals surface area contributed by atoms with Crippen LogP contribution in [0.1, 0.15) is 33.6 Å². The first kappa shape index (κ1) is 18.9. The van der Waals surface area contributed by atoms with Gasteiger partial charge in [0.1, 0.15) is 0 Å². The molecule has 0 unspecified atom stereocenters.